The number of amides is 1. The molecule has 4 rings (SSSR count). The molecule has 158 valence electrons. The summed E-state index contributed by atoms with van der Waals surface area (Å²) in [5.74, 6) is 0.753. The first-order valence-electron chi connectivity index (χ1n) is 10.00. The first-order valence-corrected chi connectivity index (χ1v) is 12.7. The van der Waals surface area contributed by atoms with Crippen LogP contribution in [-0.2, 0) is 21.1 Å². The number of amidine groups is 1. The van der Waals surface area contributed by atoms with E-state index in [9.17, 15) is 13.2 Å². The van der Waals surface area contributed by atoms with Crippen molar-refractivity contribution in [1.29, 1.82) is 0 Å². The Morgan fingerprint density at radius 2 is 1.87 bits per heavy atom. The molecule has 8 heteroatoms. The van der Waals surface area contributed by atoms with E-state index in [-0.39, 0.29) is 28.7 Å². The summed E-state index contributed by atoms with van der Waals surface area (Å²) in [6, 6.07) is 17.1. The summed E-state index contributed by atoms with van der Waals surface area (Å²) < 4.78 is 29.9. The van der Waals surface area contributed by atoms with Gasteiger partial charge in [-0.15, -0.1) is 0 Å². The molecule has 0 radical (unpaired) electrons. The highest BCUT2D eigenvalue weighted by Crippen LogP contribution is 2.41. The van der Waals surface area contributed by atoms with E-state index in [0.29, 0.717) is 24.6 Å². The number of anilines is 1. The molecule has 0 saturated carbocycles. The highest BCUT2D eigenvalue weighted by molar-refractivity contribution is 8.16. The molecule has 2 aromatic rings. The van der Waals surface area contributed by atoms with E-state index >= 15 is 0 Å². The lowest BCUT2D eigenvalue weighted by Crippen LogP contribution is -2.37. The zero-order valence-electron chi connectivity index (χ0n) is 16.7. The molecule has 0 bridgehead atoms. The second-order valence-corrected chi connectivity index (χ2v) is 10.7. The molecular formula is C22H24N2O4S2. The minimum absolute atomic E-state index is 0.0785. The molecule has 2 atom stereocenters. The number of thioether (sulfide) groups is 1. The Bertz CT molecular complexity index is 1040. The van der Waals surface area contributed by atoms with Gasteiger partial charge in [-0.1, -0.05) is 42.1 Å². The molecule has 2 aliphatic heterocycles. The third kappa shape index (κ3) is 4.70. The van der Waals surface area contributed by atoms with Crippen LogP contribution in [-0.4, -0.2) is 48.9 Å². The van der Waals surface area contributed by atoms with E-state index in [0.717, 1.165) is 17.0 Å². The second kappa shape index (κ2) is 8.81. The normalized spacial score (nSPS) is 23.5. The van der Waals surface area contributed by atoms with Gasteiger partial charge in [-0.3, -0.25) is 4.79 Å². The average Bonchev–Trinajstić information content (AvgIpc) is 3.19. The average molecular weight is 445 g/mol. The SMILES string of the molecule is CCOc1ccc(N2C(=NC(=O)CCc3ccccc3)S[C@@H]3CS(=O)(=O)C[C@@H]32)cc1. The molecule has 2 saturated heterocycles. The van der Waals surface area contributed by atoms with Gasteiger partial charge in [0.2, 0.25) is 5.91 Å². The predicted octanol–water partition coefficient (Wildman–Crippen LogP) is 3.32. The maximum atomic E-state index is 12.6. The molecule has 2 heterocycles. The fourth-order valence-electron chi connectivity index (χ4n) is 3.79. The molecule has 0 aliphatic carbocycles. The van der Waals surface area contributed by atoms with Crippen LogP contribution < -0.4 is 9.64 Å². The molecule has 30 heavy (non-hydrogen) atoms. The van der Waals surface area contributed by atoms with Crippen LogP contribution in [0.2, 0.25) is 0 Å². The van der Waals surface area contributed by atoms with Crippen LogP contribution in [0.25, 0.3) is 0 Å². The Hall–Kier alpha value is -2.32. The van der Waals surface area contributed by atoms with Crippen molar-refractivity contribution in [3.63, 3.8) is 0 Å². The molecule has 0 aromatic heterocycles. The van der Waals surface area contributed by atoms with Gasteiger partial charge < -0.3 is 9.64 Å². The molecule has 2 aromatic carbocycles. The Kier molecular flexibility index (Phi) is 6.15. The number of aliphatic imine (C=N–C) groups is 1. The van der Waals surface area contributed by atoms with Gasteiger partial charge in [-0.05, 0) is 43.2 Å². The molecule has 1 amide bonds. The van der Waals surface area contributed by atoms with Gasteiger partial charge in [0.05, 0.1) is 24.2 Å². The van der Waals surface area contributed by atoms with Crippen LogP contribution in [0.3, 0.4) is 0 Å². The van der Waals surface area contributed by atoms with Crippen LogP contribution in [0.1, 0.15) is 18.9 Å². The number of ether oxygens (including phenoxy) is 1. The van der Waals surface area contributed by atoms with E-state index < -0.39 is 9.84 Å². The number of hydrogen-bond donors (Lipinski definition) is 0. The number of aryl methyl sites for hydroxylation is 1. The Morgan fingerprint density at radius 1 is 1.13 bits per heavy atom. The fourth-order valence-corrected chi connectivity index (χ4v) is 7.73. The summed E-state index contributed by atoms with van der Waals surface area (Å²) in [6.07, 6.45) is 0.949. The van der Waals surface area contributed by atoms with Crippen LogP contribution in [0.5, 0.6) is 5.75 Å². The smallest absolute Gasteiger partial charge is 0.248 e. The summed E-state index contributed by atoms with van der Waals surface area (Å²) in [5.41, 5.74) is 1.92. The van der Waals surface area contributed by atoms with E-state index in [1.165, 1.54) is 11.8 Å². The van der Waals surface area contributed by atoms with E-state index in [1.807, 2.05) is 66.4 Å². The van der Waals surface area contributed by atoms with Crippen molar-refractivity contribution in [2.75, 3.05) is 23.0 Å². The van der Waals surface area contributed by atoms with Gasteiger partial charge in [-0.2, -0.15) is 4.99 Å². The number of carbonyl (C=O) groups is 1. The summed E-state index contributed by atoms with van der Waals surface area (Å²) in [5, 5.41) is 0.476. The van der Waals surface area contributed by atoms with Crippen molar-refractivity contribution in [2.24, 2.45) is 4.99 Å². The number of nitrogens with zero attached hydrogens (tertiary/aromatic N) is 2. The molecule has 0 N–H and O–H groups in total. The fraction of sp³-hybridized carbons (Fsp3) is 0.364. The molecule has 2 fully saturated rings. The Morgan fingerprint density at radius 3 is 2.57 bits per heavy atom. The largest absolute Gasteiger partial charge is 0.494 e. The second-order valence-electron chi connectivity index (χ2n) is 7.37. The number of fused-ring (bicyclic) bond motifs is 1. The van der Waals surface area contributed by atoms with Gasteiger partial charge in [0, 0.05) is 17.4 Å². The summed E-state index contributed by atoms with van der Waals surface area (Å²) >= 11 is 1.40. The summed E-state index contributed by atoms with van der Waals surface area (Å²) in [6.45, 7) is 2.50. The van der Waals surface area contributed by atoms with Crippen molar-refractivity contribution in [3.05, 3.63) is 60.2 Å². The Labute approximate surface area is 181 Å². The standard InChI is InChI=1S/C22H24N2O4S2/c1-2-28-18-11-9-17(10-12-18)24-19-14-30(26,27)15-20(19)29-22(24)23-21(25)13-8-16-6-4-3-5-7-16/h3-7,9-12,19-20H,2,8,13-15H2,1H3/t19-,20+/m0/s1. The van der Waals surface area contributed by atoms with Crippen molar-refractivity contribution in [3.8, 4) is 5.75 Å². The van der Waals surface area contributed by atoms with Gasteiger partial charge in [-0.25, -0.2) is 8.42 Å². The molecule has 0 spiro atoms. The minimum Gasteiger partial charge on any atom is -0.494 e. The van der Waals surface area contributed by atoms with Crippen LogP contribution >= 0.6 is 11.8 Å². The third-order valence-corrected chi connectivity index (χ3v) is 8.39. The first kappa shape index (κ1) is 20.9. The first-order chi connectivity index (χ1) is 14.4. The van der Waals surface area contributed by atoms with Crippen molar-refractivity contribution < 1.29 is 17.9 Å². The van der Waals surface area contributed by atoms with Gasteiger partial charge in [0.25, 0.3) is 0 Å². The highest BCUT2D eigenvalue weighted by Gasteiger charge is 2.49. The van der Waals surface area contributed by atoms with Crippen LogP contribution in [0.4, 0.5) is 5.69 Å². The zero-order valence-corrected chi connectivity index (χ0v) is 18.4. The van der Waals surface area contributed by atoms with Crippen molar-refractivity contribution in [2.45, 2.75) is 31.1 Å². The monoisotopic (exact) mass is 444 g/mol. The summed E-state index contributed by atoms with van der Waals surface area (Å²) in [7, 11) is -3.09. The maximum Gasteiger partial charge on any atom is 0.248 e. The van der Waals surface area contributed by atoms with Crippen molar-refractivity contribution in [1.82, 2.24) is 0 Å². The number of rotatable bonds is 6. The predicted molar refractivity (Wildman–Crippen MR) is 121 cm³/mol. The third-order valence-electron chi connectivity index (χ3n) is 5.18. The van der Waals surface area contributed by atoms with E-state index in [1.54, 1.807) is 0 Å². The Balaban J connectivity index is 1.56. The maximum absolute atomic E-state index is 12.6. The summed E-state index contributed by atoms with van der Waals surface area (Å²) in [4.78, 5) is 18.9. The molecule has 6 nitrogen and oxygen atoms in total. The van der Waals surface area contributed by atoms with Gasteiger partial charge in [0.15, 0.2) is 15.0 Å². The van der Waals surface area contributed by atoms with Crippen LogP contribution in [0.15, 0.2) is 59.6 Å². The lowest BCUT2D eigenvalue weighted by atomic mass is 10.1. The molecular weight excluding hydrogens is 420 g/mol. The highest BCUT2D eigenvalue weighted by atomic mass is 32.2. The number of hydrogen-bond acceptors (Lipinski definition) is 5. The van der Waals surface area contributed by atoms with E-state index in [4.69, 9.17) is 4.74 Å². The van der Waals surface area contributed by atoms with Gasteiger partial charge >= 0.3 is 0 Å². The zero-order chi connectivity index (χ0) is 21.1. The molecule has 2 aliphatic rings. The quantitative estimate of drug-likeness (QED) is 0.680. The van der Waals surface area contributed by atoms with Gasteiger partial charge in [0.1, 0.15) is 5.75 Å². The number of sulfone groups is 1. The lowest BCUT2D eigenvalue weighted by molar-refractivity contribution is -0.117. The minimum atomic E-state index is -3.09. The van der Waals surface area contributed by atoms with Crippen LogP contribution in [0, 0.1) is 0 Å². The number of benzene rings is 2. The van der Waals surface area contributed by atoms with E-state index in [2.05, 4.69) is 4.99 Å². The van der Waals surface area contributed by atoms with Crippen molar-refractivity contribution >= 4 is 38.4 Å². The number of carbonyl (C=O) groups excluding carboxylic acids is 1. The lowest BCUT2D eigenvalue weighted by Gasteiger charge is -2.24. The molecule has 0 unspecified atom stereocenters. The topological polar surface area (TPSA) is 76.0 Å².